The first-order chi connectivity index (χ1) is 16.9. The second-order valence-electron chi connectivity index (χ2n) is 9.07. The smallest absolute Gasteiger partial charge is 0.335 e. The van der Waals surface area contributed by atoms with Crippen LogP contribution in [0.5, 0.6) is 0 Å². The van der Waals surface area contributed by atoms with Crippen LogP contribution in [0.2, 0.25) is 0 Å². The third kappa shape index (κ3) is 10.2. The van der Waals surface area contributed by atoms with Crippen molar-refractivity contribution in [2.75, 3.05) is 0 Å². The predicted molar refractivity (Wildman–Crippen MR) is 145 cm³/mol. The molecule has 35 heavy (non-hydrogen) atoms. The molecule has 4 nitrogen and oxygen atoms in total. The Labute approximate surface area is 212 Å². The van der Waals surface area contributed by atoms with Crippen LogP contribution >= 0.6 is 0 Å². The minimum Gasteiger partial charge on any atom is -0.478 e. The molecule has 0 saturated heterocycles. The molecular weight excluding hydrogens is 436 g/mol. The summed E-state index contributed by atoms with van der Waals surface area (Å²) in [5.74, 6) is -0.808. The van der Waals surface area contributed by atoms with Crippen molar-refractivity contribution in [3.8, 4) is 0 Å². The van der Waals surface area contributed by atoms with E-state index in [1.165, 1.54) is 44.9 Å². The van der Waals surface area contributed by atoms with Crippen LogP contribution in [0, 0.1) is 0 Å². The van der Waals surface area contributed by atoms with Gasteiger partial charge in [-0.3, -0.25) is 9.59 Å². The van der Waals surface area contributed by atoms with E-state index >= 15 is 0 Å². The van der Waals surface area contributed by atoms with Gasteiger partial charge in [0.05, 0.1) is 5.56 Å². The first-order valence-electron chi connectivity index (χ1n) is 13.4. The van der Waals surface area contributed by atoms with Gasteiger partial charge in [0.1, 0.15) is 0 Å². The van der Waals surface area contributed by atoms with E-state index in [-0.39, 0.29) is 0 Å². The lowest BCUT2D eigenvalue weighted by atomic mass is 9.85. The quantitative estimate of drug-likeness (QED) is 0.121. The third-order valence-corrected chi connectivity index (χ3v) is 6.57. The summed E-state index contributed by atoms with van der Waals surface area (Å²) in [5, 5.41) is 9.40. The van der Waals surface area contributed by atoms with Crippen LogP contribution < -0.4 is 0 Å². The monoisotopic (exact) mass is 480 g/mol. The van der Waals surface area contributed by atoms with Gasteiger partial charge in [0.2, 0.25) is 5.78 Å². The van der Waals surface area contributed by atoms with Crippen molar-refractivity contribution in [1.82, 2.24) is 0 Å². The molecule has 0 fully saturated rings. The molecule has 0 amide bonds. The summed E-state index contributed by atoms with van der Waals surface area (Å²) in [6.45, 7) is 8.47. The molecule has 0 bridgehead atoms. The third-order valence-electron chi connectivity index (χ3n) is 6.57. The average Bonchev–Trinajstić information content (AvgIpc) is 2.89. The fourth-order valence-electron chi connectivity index (χ4n) is 4.64. The molecule has 0 radical (unpaired) electrons. The maximum Gasteiger partial charge on any atom is 0.335 e. The summed E-state index contributed by atoms with van der Waals surface area (Å²) in [6.07, 6.45) is 12.9. The summed E-state index contributed by atoms with van der Waals surface area (Å²) in [7, 11) is 0. The Morgan fingerprint density at radius 2 is 1.37 bits per heavy atom. The Morgan fingerprint density at radius 1 is 0.771 bits per heavy atom. The van der Waals surface area contributed by atoms with E-state index in [9.17, 15) is 19.5 Å². The fraction of sp³-hybridized carbons (Fsp3) is 0.516. The van der Waals surface area contributed by atoms with Gasteiger partial charge in [-0.15, -0.1) is 0 Å². The highest BCUT2D eigenvalue weighted by atomic mass is 16.4. The van der Waals surface area contributed by atoms with Crippen LogP contribution in [0.4, 0.5) is 0 Å². The van der Waals surface area contributed by atoms with Crippen LogP contribution in [-0.2, 0) is 17.6 Å². The fourth-order valence-corrected chi connectivity index (χ4v) is 4.64. The first-order valence-corrected chi connectivity index (χ1v) is 13.4. The van der Waals surface area contributed by atoms with Gasteiger partial charge in [0.25, 0.3) is 0 Å². The second-order valence-corrected chi connectivity index (χ2v) is 9.07. The number of rotatable bonds is 15. The number of benzene rings is 2. The van der Waals surface area contributed by atoms with E-state index in [2.05, 4.69) is 13.8 Å². The molecule has 0 spiro atoms. The van der Waals surface area contributed by atoms with Crippen LogP contribution in [0.3, 0.4) is 0 Å². The number of carboxylic acids is 1. The van der Waals surface area contributed by atoms with Crippen molar-refractivity contribution >= 4 is 18.0 Å². The minimum absolute atomic E-state index is 0.383. The van der Waals surface area contributed by atoms with Crippen LogP contribution in [0.15, 0.2) is 42.5 Å². The highest BCUT2D eigenvalue weighted by molar-refractivity contribution is 6.33. The zero-order valence-corrected chi connectivity index (χ0v) is 22.1. The molecule has 0 saturated carbocycles. The summed E-state index contributed by atoms with van der Waals surface area (Å²) >= 11 is 0. The molecule has 0 aromatic heterocycles. The van der Waals surface area contributed by atoms with Crippen molar-refractivity contribution in [2.45, 2.75) is 104 Å². The minimum atomic E-state index is -0.792. The first kappa shape index (κ1) is 30.3. The molecule has 192 valence electrons. The number of hydrogen-bond donors (Lipinski definition) is 1. The number of carboxylic acid groups (broad SMARTS) is 1. The molecule has 1 unspecified atom stereocenters. The molecule has 0 heterocycles. The Balaban J connectivity index is 0.000000379. The van der Waals surface area contributed by atoms with Crippen LogP contribution in [0.25, 0.3) is 0 Å². The normalized spacial score (nSPS) is 11.3. The van der Waals surface area contributed by atoms with E-state index in [4.69, 9.17) is 0 Å². The highest BCUT2D eigenvalue weighted by Gasteiger charge is 2.18. The maximum absolute atomic E-state index is 11.4. The van der Waals surface area contributed by atoms with Crippen molar-refractivity contribution in [3.05, 3.63) is 70.3 Å². The van der Waals surface area contributed by atoms with Gasteiger partial charge in [-0.2, -0.15) is 0 Å². The maximum atomic E-state index is 11.4. The van der Waals surface area contributed by atoms with Gasteiger partial charge in [0.15, 0.2) is 6.29 Å². The lowest BCUT2D eigenvalue weighted by Gasteiger charge is -2.19. The van der Waals surface area contributed by atoms with E-state index < -0.39 is 11.8 Å². The van der Waals surface area contributed by atoms with Gasteiger partial charge >= 0.3 is 5.97 Å². The molecule has 2 aromatic rings. The van der Waals surface area contributed by atoms with Crippen LogP contribution in [0.1, 0.15) is 129 Å². The van der Waals surface area contributed by atoms with Gasteiger partial charge in [-0.05, 0) is 54.4 Å². The lowest BCUT2D eigenvalue weighted by molar-refractivity contribution is -0.104. The summed E-state index contributed by atoms with van der Waals surface area (Å²) in [6, 6.07) is 13.1. The van der Waals surface area contributed by atoms with Crippen LogP contribution in [-0.4, -0.2) is 23.1 Å². The molecule has 2 rings (SSSR count). The van der Waals surface area contributed by atoms with Gasteiger partial charge < -0.3 is 5.11 Å². The van der Waals surface area contributed by atoms with Gasteiger partial charge in [-0.25, -0.2) is 4.79 Å². The standard InChI is InChI=1S/C19H30O2.C12H14O2/c1-3-5-7-9-13-16(12-8-6-4-2)17-14-10-11-15-18(17)19(20)21;1-3-9-6-5-7-11(10(9)4-2)12(14)8-13/h10-11,14-16H,3-9,12-13H2,1-2H3,(H,20,21);5-8H,3-4H2,1-2H3. The molecule has 4 heteroatoms. The molecule has 0 aliphatic heterocycles. The average molecular weight is 481 g/mol. The molecule has 1 atom stereocenters. The summed E-state index contributed by atoms with van der Waals surface area (Å²) < 4.78 is 0. The Kier molecular flexibility index (Phi) is 15.3. The van der Waals surface area contributed by atoms with Crippen molar-refractivity contribution in [3.63, 3.8) is 0 Å². The molecule has 1 N–H and O–H groups in total. The second kappa shape index (κ2) is 17.7. The number of hydrogen-bond acceptors (Lipinski definition) is 3. The molecule has 0 aliphatic rings. The summed E-state index contributed by atoms with van der Waals surface area (Å²) in [4.78, 5) is 33.1. The number of Topliss-reactive ketones (excluding diaryl/α,β-unsaturated/α-hetero) is 1. The zero-order valence-electron chi connectivity index (χ0n) is 22.1. The van der Waals surface area contributed by atoms with E-state index in [0.29, 0.717) is 23.3 Å². The van der Waals surface area contributed by atoms with Crippen molar-refractivity contribution < 1.29 is 19.5 Å². The largest absolute Gasteiger partial charge is 0.478 e. The number of aldehydes is 1. The van der Waals surface area contributed by atoms with E-state index in [1.54, 1.807) is 12.1 Å². The SMILES string of the molecule is CCCCCCC(CCCCC)c1ccccc1C(=O)O.CCc1cccc(C(=O)C=O)c1CC. The van der Waals surface area contributed by atoms with Gasteiger partial charge in [-0.1, -0.05) is 109 Å². The lowest BCUT2D eigenvalue weighted by Crippen LogP contribution is -2.08. The molecule has 0 aliphatic carbocycles. The summed E-state index contributed by atoms with van der Waals surface area (Å²) in [5.41, 5.74) is 4.25. The molecular formula is C31H44O4. The zero-order chi connectivity index (χ0) is 26.1. The molecule has 2 aromatic carbocycles. The van der Waals surface area contributed by atoms with E-state index in [1.807, 2.05) is 44.2 Å². The number of carbonyl (C=O) groups is 3. The highest BCUT2D eigenvalue weighted by Crippen LogP contribution is 2.31. The Morgan fingerprint density at radius 3 is 1.94 bits per heavy atom. The van der Waals surface area contributed by atoms with Crippen molar-refractivity contribution in [1.29, 1.82) is 0 Å². The number of ketones is 1. The van der Waals surface area contributed by atoms with Gasteiger partial charge in [0, 0.05) is 5.56 Å². The number of unbranched alkanes of at least 4 members (excludes halogenated alkanes) is 5. The number of aryl methyl sites for hydroxylation is 1. The van der Waals surface area contributed by atoms with E-state index in [0.717, 1.165) is 42.4 Å². The number of aromatic carboxylic acids is 1. The number of carbonyl (C=O) groups excluding carboxylic acids is 2. The predicted octanol–water partition coefficient (Wildman–Crippen LogP) is 8.21. The Bertz CT molecular complexity index is 916. The topological polar surface area (TPSA) is 71.4 Å². The van der Waals surface area contributed by atoms with Crippen molar-refractivity contribution in [2.24, 2.45) is 0 Å². The Hall–Kier alpha value is -2.75.